The number of fused-ring (bicyclic) bond motifs is 1. The second kappa shape index (κ2) is 6.23. The number of imidazole rings is 1. The third-order valence-electron chi connectivity index (χ3n) is 3.89. The molecule has 0 radical (unpaired) electrons. The minimum absolute atomic E-state index is 0.536. The Labute approximate surface area is 139 Å². The number of halogens is 1. The second-order valence-electron chi connectivity index (χ2n) is 5.80. The monoisotopic (exact) mass is 357 g/mol. The summed E-state index contributed by atoms with van der Waals surface area (Å²) < 4.78 is 3.18. The summed E-state index contributed by atoms with van der Waals surface area (Å²) in [5, 5.41) is 0. The number of hydrogen-bond donors (Lipinski definition) is 1. The lowest BCUT2D eigenvalue weighted by molar-refractivity contribution is 0.867. The lowest BCUT2D eigenvalue weighted by Crippen LogP contribution is -2.04. The normalized spacial score (nSPS) is 11.5. The van der Waals surface area contributed by atoms with E-state index >= 15 is 0 Å². The molecular weight excluding hydrogens is 338 g/mol. The highest BCUT2D eigenvalue weighted by Crippen LogP contribution is 2.28. The lowest BCUT2D eigenvalue weighted by atomic mass is 10.00. The van der Waals surface area contributed by atoms with Gasteiger partial charge >= 0.3 is 0 Å². The molecule has 3 aromatic rings. The van der Waals surface area contributed by atoms with E-state index in [2.05, 4.69) is 64.6 Å². The van der Waals surface area contributed by atoms with Gasteiger partial charge < -0.3 is 5.73 Å². The van der Waals surface area contributed by atoms with Crippen LogP contribution in [0.25, 0.3) is 16.9 Å². The number of benzene rings is 1. The van der Waals surface area contributed by atoms with Crippen LogP contribution in [0.5, 0.6) is 0 Å². The molecule has 0 aliphatic heterocycles. The predicted molar refractivity (Wildman–Crippen MR) is 95.2 cm³/mol. The molecule has 0 saturated carbocycles. The molecule has 0 atom stereocenters. The van der Waals surface area contributed by atoms with Crippen molar-refractivity contribution in [1.82, 2.24) is 9.38 Å². The average molecular weight is 358 g/mol. The molecule has 0 aliphatic rings. The van der Waals surface area contributed by atoms with E-state index in [-0.39, 0.29) is 0 Å². The zero-order valence-corrected chi connectivity index (χ0v) is 14.5. The van der Waals surface area contributed by atoms with Crippen LogP contribution >= 0.6 is 15.9 Å². The van der Waals surface area contributed by atoms with Crippen molar-refractivity contribution in [3.05, 3.63) is 58.3 Å². The standard InChI is InChI=1S/C18H20BrN3/c1-12(2)13-3-5-14(6-4-13)18-16(9-10-20)21-17-8-7-15(19)11-22(17)18/h3-8,11-12H,9-10,20H2,1-2H3. The largest absolute Gasteiger partial charge is 0.330 e. The molecule has 2 heterocycles. The highest BCUT2D eigenvalue weighted by molar-refractivity contribution is 9.10. The Balaban J connectivity index is 2.18. The Bertz CT molecular complexity index is 788. The third kappa shape index (κ3) is 2.81. The van der Waals surface area contributed by atoms with Crippen molar-refractivity contribution in [3.63, 3.8) is 0 Å². The predicted octanol–water partition coefficient (Wildman–Crippen LogP) is 4.39. The first kappa shape index (κ1) is 15.3. The van der Waals surface area contributed by atoms with Crippen molar-refractivity contribution < 1.29 is 0 Å². The number of nitrogens with zero attached hydrogens (tertiary/aromatic N) is 2. The minimum Gasteiger partial charge on any atom is -0.330 e. The van der Waals surface area contributed by atoms with Gasteiger partial charge in [-0.3, -0.25) is 4.40 Å². The quantitative estimate of drug-likeness (QED) is 0.752. The van der Waals surface area contributed by atoms with Crippen LogP contribution in [0.2, 0.25) is 0 Å². The van der Waals surface area contributed by atoms with Crippen LogP contribution in [-0.4, -0.2) is 15.9 Å². The Hall–Kier alpha value is -1.65. The Kier molecular flexibility index (Phi) is 4.32. The minimum atomic E-state index is 0.536. The smallest absolute Gasteiger partial charge is 0.137 e. The number of hydrogen-bond acceptors (Lipinski definition) is 2. The van der Waals surface area contributed by atoms with Gasteiger partial charge in [0.05, 0.1) is 11.4 Å². The molecule has 2 N–H and O–H groups in total. The summed E-state index contributed by atoms with van der Waals surface area (Å²) >= 11 is 3.54. The summed E-state index contributed by atoms with van der Waals surface area (Å²) in [6.45, 7) is 5.02. The van der Waals surface area contributed by atoms with Crippen LogP contribution in [0.1, 0.15) is 31.0 Å². The molecule has 4 heteroatoms. The molecule has 3 rings (SSSR count). The van der Waals surface area contributed by atoms with E-state index < -0.39 is 0 Å². The van der Waals surface area contributed by atoms with Gasteiger partial charge in [0.1, 0.15) is 5.65 Å². The Morgan fingerprint density at radius 2 is 1.86 bits per heavy atom. The highest BCUT2D eigenvalue weighted by atomic mass is 79.9. The lowest BCUT2D eigenvalue weighted by Gasteiger charge is -2.09. The number of nitrogens with two attached hydrogens (primary N) is 1. The van der Waals surface area contributed by atoms with Crippen molar-refractivity contribution in [2.45, 2.75) is 26.2 Å². The summed E-state index contributed by atoms with van der Waals surface area (Å²) in [6.07, 6.45) is 2.84. The van der Waals surface area contributed by atoms with Gasteiger partial charge in [-0.15, -0.1) is 0 Å². The van der Waals surface area contributed by atoms with Crippen molar-refractivity contribution in [2.75, 3.05) is 6.54 Å². The number of rotatable bonds is 4. The zero-order valence-electron chi connectivity index (χ0n) is 12.9. The summed E-state index contributed by atoms with van der Waals surface area (Å²) in [5.74, 6) is 0.536. The van der Waals surface area contributed by atoms with Crippen LogP contribution < -0.4 is 5.73 Å². The van der Waals surface area contributed by atoms with Crippen molar-refractivity contribution >= 4 is 21.6 Å². The Morgan fingerprint density at radius 3 is 2.50 bits per heavy atom. The molecule has 2 aromatic heterocycles. The molecule has 114 valence electrons. The first-order valence-corrected chi connectivity index (χ1v) is 8.36. The molecule has 0 bridgehead atoms. The summed E-state index contributed by atoms with van der Waals surface area (Å²) in [6, 6.07) is 12.8. The summed E-state index contributed by atoms with van der Waals surface area (Å²) in [5.41, 5.74) is 11.4. The molecular formula is C18H20BrN3. The van der Waals surface area contributed by atoms with Gasteiger partial charge in [0.25, 0.3) is 0 Å². The van der Waals surface area contributed by atoms with Crippen LogP contribution in [-0.2, 0) is 6.42 Å². The maximum atomic E-state index is 5.76. The van der Waals surface area contributed by atoms with Gasteiger partial charge in [0.15, 0.2) is 0 Å². The fourth-order valence-corrected chi connectivity index (χ4v) is 3.05. The molecule has 0 aliphatic carbocycles. The van der Waals surface area contributed by atoms with Crippen molar-refractivity contribution in [2.24, 2.45) is 5.73 Å². The SMILES string of the molecule is CC(C)c1ccc(-c2c(CCN)nc3ccc(Br)cn23)cc1. The molecule has 0 spiro atoms. The fourth-order valence-electron chi connectivity index (χ4n) is 2.71. The third-order valence-corrected chi connectivity index (χ3v) is 4.36. The molecule has 1 aromatic carbocycles. The highest BCUT2D eigenvalue weighted by Gasteiger charge is 2.14. The Morgan fingerprint density at radius 1 is 1.14 bits per heavy atom. The summed E-state index contributed by atoms with van der Waals surface area (Å²) in [4.78, 5) is 4.74. The molecule has 22 heavy (non-hydrogen) atoms. The van der Waals surface area contributed by atoms with Crippen molar-refractivity contribution in [3.8, 4) is 11.3 Å². The van der Waals surface area contributed by atoms with Gasteiger partial charge in [-0.25, -0.2) is 4.98 Å². The number of pyridine rings is 1. The fraction of sp³-hybridized carbons (Fsp3) is 0.278. The maximum absolute atomic E-state index is 5.76. The molecule has 0 unspecified atom stereocenters. The number of aromatic nitrogens is 2. The van der Waals surface area contributed by atoms with Gasteiger partial charge in [0, 0.05) is 22.7 Å². The molecule has 0 saturated heterocycles. The van der Waals surface area contributed by atoms with E-state index in [1.807, 2.05) is 12.1 Å². The van der Waals surface area contributed by atoms with E-state index in [0.717, 1.165) is 27.9 Å². The van der Waals surface area contributed by atoms with E-state index in [1.165, 1.54) is 11.1 Å². The van der Waals surface area contributed by atoms with Crippen LogP contribution in [0.3, 0.4) is 0 Å². The average Bonchev–Trinajstić information content (AvgIpc) is 2.85. The topological polar surface area (TPSA) is 43.3 Å². The van der Waals surface area contributed by atoms with Gasteiger partial charge in [-0.1, -0.05) is 38.1 Å². The van der Waals surface area contributed by atoms with Gasteiger partial charge in [-0.2, -0.15) is 0 Å². The van der Waals surface area contributed by atoms with E-state index in [1.54, 1.807) is 0 Å². The first-order chi connectivity index (χ1) is 10.6. The van der Waals surface area contributed by atoms with Crippen LogP contribution in [0, 0.1) is 0 Å². The van der Waals surface area contributed by atoms with E-state index in [4.69, 9.17) is 10.7 Å². The van der Waals surface area contributed by atoms with Gasteiger partial charge in [-0.05, 0) is 46.1 Å². The van der Waals surface area contributed by atoms with E-state index in [9.17, 15) is 0 Å². The maximum Gasteiger partial charge on any atom is 0.137 e. The van der Waals surface area contributed by atoms with Gasteiger partial charge in [0.2, 0.25) is 0 Å². The first-order valence-electron chi connectivity index (χ1n) is 7.57. The molecule has 0 amide bonds. The second-order valence-corrected chi connectivity index (χ2v) is 6.71. The molecule has 0 fully saturated rings. The summed E-state index contributed by atoms with van der Waals surface area (Å²) in [7, 11) is 0. The zero-order chi connectivity index (χ0) is 15.7. The van der Waals surface area contributed by atoms with Crippen LogP contribution in [0.4, 0.5) is 0 Å². The van der Waals surface area contributed by atoms with Crippen LogP contribution in [0.15, 0.2) is 47.1 Å². The van der Waals surface area contributed by atoms with Crippen molar-refractivity contribution in [1.29, 1.82) is 0 Å². The molecule has 3 nitrogen and oxygen atoms in total. The van der Waals surface area contributed by atoms with E-state index in [0.29, 0.717) is 12.5 Å².